The lowest BCUT2D eigenvalue weighted by atomic mass is 9.92. The summed E-state index contributed by atoms with van der Waals surface area (Å²) in [6.07, 6.45) is 0. The maximum absolute atomic E-state index is 13.4. The first-order valence-electron chi connectivity index (χ1n) is 8.70. The Balaban J connectivity index is 1.77. The van der Waals surface area contributed by atoms with Gasteiger partial charge in [0.05, 0.1) is 10.6 Å². The van der Waals surface area contributed by atoms with Crippen LogP contribution in [0.2, 0.25) is 0 Å². The molecule has 2 aromatic heterocycles. The molecule has 0 radical (unpaired) electrons. The van der Waals surface area contributed by atoms with Gasteiger partial charge < -0.3 is 5.32 Å². The summed E-state index contributed by atoms with van der Waals surface area (Å²) in [5.41, 5.74) is 1.64. The summed E-state index contributed by atoms with van der Waals surface area (Å²) in [7, 11) is 0. The topological polar surface area (TPSA) is 145 Å². The number of nitro benzene ring substituents is 1. The lowest BCUT2D eigenvalue weighted by Gasteiger charge is -2.27. The minimum Gasteiger partial charge on any atom is -0.318 e. The van der Waals surface area contributed by atoms with E-state index in [2.05, 4.69) is 31.0 Å². The molecule has 0 spiro atoms. The van der Waals surface area contributed by atoms with Crippen molar-refractivity contribution >= 4 is 17.3 Å². The van der Waals surface area contributed by atoms with E-state index in [0.717, 1.165) is 0 Å². The zero-order valence-electron chi connectivity index (χ0n) is 15.0. The first-order valence-corrected chi connectivity index (χ1v) is 8.70. The minimum absolute atomic E-state index is 0.0763. The van der Waals surface area contributed by atoms with E-state index in [1.807, 2.05) is 0 Å². The summed E-state index contributed by atoms with van der Waals surface area (Å²) in [6.45, 7) is 0. The van der Waals surface area contributed by atoms with Crippen molar-refractivity contribution < 1.29 is 9.31 Å². The molecule has 0 bridgehead atoms. The lowest BCUT2D eigenvalue weighted by Crippen LogP contribution is -2.29. The van der Waals surface area contributed by atoms with Gasteiger partial charge in [-0.25, -0.2) is 9.49 Å². The van der Waals surface area contributed by atoms with E-state index < -0.39 is 22.3 Å². The fourth-order valence-corrected chi connectivity index (χ4v) is 3.45. The highest BCUT2D eigenvalue weighted by molar-refractivity contribution is 5.75. The number of aromatic amines is 1. The first-order chi connectivity index (χ1) is 14.5. The van der Waals surface area contributed by atoms with E-state index in [1.165, 1.54) is 41.1 Å². The number of nitro groups is 1. The molecule has 1 atom stereocenters. The van der Waals surface area contributed by atoms with Crippen LogP contribution < -0.4 is 10.9 Å². The van der Waals surface area contributed by atoms with Gasteiger partial charge in [-0.15, -0.1) is 0 Å². The Hall–Kier alpha value is -4.48. The molecule has 0 unspecified atom stereocenters. The number of fused-ring (bicyclic) bond motifs is 2. The van der Waals surface area contributed by atoms with Gasteiger partial charge in [0.1, 0.15) is 17.5 Å². The number of benzene rings is 2. The summed E-state index contributed by atoms with van der Waals surface area (Å²) in [4.78, 5) is 23.1. The average Bonchev–Trinajstić information content (AvgIpc) is 3.22. The molecule has 0 amide bonds. The van der Waals surface area contributed by atoms with Crippen LogP contribution >= 0.6 is 0 Å². The maximum Gasteiger partial charge on any atom is 0.288 e. The Morgan fingerprint density at radius 3 is 2.53 bits per heavy atom. The lowest BCUT2D eigenvalue weighted by molar-refractivity contribution is -0.384. The largest absolute Gasteiger partial charge is 0.318 e. The van der Waals surface area contributed by atoms with E-state index in [0.29, 0.717) is 22.4 Å². The molecule has 0 aliphatic carbocycles. The molecule has 2 aromatic carbocycles. The van der Waals surface area contributed by atoms with Crippen molar-refractivity contribution in [3.63, 3.8) is 0 Å². The molecule has 0 saturated heterocycles. The molecular formula is C18H11FN8O3. The fourth-order valence-electron chi connectivity index (χ4n) is 3.45. The molecule has 148 valence electrons. The van der Waals surface area contributed by atoms with Crippen LogP contribution in [0.3, 0.4) is 0 Å². The molecule has 2 N–H and O–H groups in total. The Morgan fingerprint density at radius 2 is 1.83 bits per heavy atom. The highest BCUT2D eigenvalue weighted by atomic mass is 19.1. The molecule has 30 heavy (non-hydrogen) atoms. The number of hydrogen-bond donors (Lipinski definition) is 2. The summed E-state index contributed by atoms with van der Waals surface area (Å²) in [5.74, 6) is -0.183. The summed E-state index contributed by atoms with van der Waals surface area (Å²) in [6, 6.07) is 10.8. The van der Waals surface area contributed by atoms with Crippen molar-refractivity contribution in [2.24, 2.45) is 0 Å². The number of hydrogen-bond acceptors (Lipinski definition) is 8. The summed E-state index contributed by atoms with van der Waals surface area (Å²) >= 11 is 0. The number of anilines is 2. The molecule has 12 heteroatoms. The molecule has 1 aliphatic heterocycles. The van der Waals surface area contributed by atoms with Crippen molar-refractivity contribution in [1.82, 2.24) is 30.4 Å². The molecular weight excluding hydrogens is 395 g/mol. The first kappa shape index (κ1) is 17.6. The third-order valence-electron chi connectivity index (χ3n) is 4.81. The highest BCUT2D eigenvalue weighted by Gasteiger charge is 2.34. The van der Waals surface area contributed by atoms with Crippen molar-refractivity contribution in [2.75, 3.05) is 5.32 Å². The van der Waals surface area contributed by atoms with Crippen LogP contribution in [0.5, 0.6) is 0 Å². The number of H-pyrrole nitrogens is 1. The van der Waals surface area contributed by atoms with Gasteiger partial charge in [-0.3, -0.25) is 14.9 Å². The maximum atomic E-state index is 13.4. The summed E-state index contributed by atoms with van der Waals surface area (Å²) in [5, 5.41) is 32.1. The second-order valence-electron chi connectivity index (χ2n) is 6.52. The second kappa shape index (κ2) is 6.55. The van der Waals surface area contributed by atoms with Gasteiger partial charge in [0, 0.05) is 23.3 Å². The normalized spacial score (nSPS) is 14.5. The highest BCUT2D eigenvalue weighted by Crippen LogP contribution is 2.41. The fraction of sp³-hybridized carbons (Fsp3) is 0.0556. The third-order valence-corrected chi connectivity index (χ3v) is 4.81. The smallest absolute Gasteiger partial charge is 0.288 e. The molecule has 5 rings (SSSR count). The Labute approximate surface area is 166 Å². The van der Waals surface area contributed by atoms with Crippen LogP contribution in [0.1, 0.15) is 17.2 Å². The van der Waals surface area contributed by atoms with Gasteiger partial charge >= 0.3 is 0 Å². The van der Waals surface area contributed by atoms with Crippen LogP contribution in [0.4, 0.5) is 21.7 Å². The van der Waals surface area contributed by atoms with Crippen LogP contribution in [0.25, 0.3) is 11.3 Å². The minimum atomic E-state index is -0.693. The van der Waals surface area contributed by atoms with E-state index in [1.54, 1.807) is 12.1 Å². The standard InChI is InChI=1S/C18H11FN8O3/c19-11-5-1-9(2-6-11)14-13-15(17(28)22-21-14)20-18-23-24-25-26(18)16(13)10-3-7-12(8-4-10)27(29)30/h1-8,16H,(H,22,28)(H,20,23,25)/t16-/m0/s1. The average molecular weight is 406 g/mol. The van der Waals surface area contributed by atoms with Gasteiger partial charge in [0.15, 0.2) is 0 Å². The van der Waals surface area contributed by atoms with Gasteiger partial charge in [0.2, 0.25) is 5.95 Å². The van der Waals surface area contributed by atoms with E-state index >= 15 is 0 Å². The monoisotopic (exact) mass is 406 g/mol. The van der Waals surface area contributed by atoms with Crippen LogP contribution in [-0.2, 0) is 0 Å². The molecule has 4 aromatic rings. The van der Waals surface area contributed by atoms with Crippen molar-refractivity contribution in [2.45, 2.75) is 6.04 Å². The number of non-ortho nitro benzene ring substituents is 1. The van der Waals surface area contributed by atoms with Gasteiger partial charge in [-0.2, -0.15) is 9.78 Å². The number of halogens is 1. The quantitative estimate of drug-likeness (QED) is 0.343. The Morgan fingerprint density at radius 1 is 1.10 bits per heavy atom. The number of nitrogens with one attached hydrogen (secondary N) is 2. The number of tetrazole rings is 1. The predicted molar refractivity (Wildman–Crippen MR) is 102 cm³/mol. The van der Waals surface area contributed by atoms with Crippen LogP contribution in [0.15, 0.2) is 53.3 Å². The predicted octanol–water partition coefficient (Wildman–Crippen LogP) is 2.17. The molecule has 1 aliphatic rings. The zero-order chi connectivity index (χ0) is 20.8. The van der Waals surface area contributed by atoms with Crippen molar-refractivity contribution in [1.29, 1.82) is 0 Å². The van der Waals surface area contributed by atoms with Gasteiger partial charge in [-0.1, -0.05) is 5.10 Å². The molecule has 0 saturated carbocycles. The number of aromatic nitrogens is 6. The molecule has 3 heterocycles. The number of nitrogens with zero attached hydrogens (tertiary/aromatic N) is 6. The van der Waals surface area contributed by atoms with Gasteiger partial charge in [-0.05, 0) is 52.4 Å². The van der Waals surface area contributed by atoms with Crippen molar-refractivity contribution in [3.05, 3.63) is 85.9 Å². The van der Waals surface area contributed by atoms with Crippen LogP contribution in [-0.4, -0.2) is 35.3 Å². The van der Waals surface area contributed by atoms with Gasteiger partial charge in [0.25, 0.3) is 11.2 Å². The molecule has 11 nitrogen and oxygen atoms in total. The third kappa shape index (κ3) is 2.70. The second-order valence-corrected chi connectivity index (χ2v) is 6.52. The van der Waals surface area contributed by atoms with E-state index in [-0.39, 0.29) is 17.3 Å². The summed E-state index contributed by atoms with van der Waals surface area (Å²) < 4.78 is 14.9. The Bertz CT molecular complexity index is 1330. The molecule has 0 fully saturated rings. The van der Waals surface area contributed by atoms with E-state index in [4.69, 9.17) is 0 Å². The van der Waals surface area contributed by atoms with E-state index in [9.17, 15) is 19.3 Å². The Kier molecular flexibility index (Phi) is 3.84. The van der Waals surface area contributed by atoms with Crippen LogP contribution in [0, 0.1) is 15.9 Å². The van der Waals surface area contributed by atoms with Crippen molar-refractivity contribution in [3.8, 4) is 11.3 Å². The SMILES string of the molecule is O=c1[nH]nc(-c2ccc(F)cc2)c2c1Nc1nnnn1[C@H]2c1ccc([N+](=O)[O-])cc1. The zero-order valence-corrected chi connectivity index (χ0v) is 15.0. The number of rotatable bonds is 3.